The lowest BCUT2D eigenvalue weighted by Crippen LogP contribution is -2.59. The molecule has 0 bridgehead atoms. The van der Waals surface area contributed by atoms with Gasteiger partial charge in [-0.25, -0.2) is 4.39 Å². The summed E-state index contributed by atoms with van der Waals surface area (Å²) in [4.78, 5) is 68.4. The van der Waals surface area contributed by atoms with Crippen LogP contribution >= 0.6 is 0 Å². The molecule has 0 saturated carbocycles. The summed E-state index contributed by atoms with van der Waals surface area (Å²) in [5, 5.41) is 13.6. The maximum Gasteiger partial charge on any atom is 0.243 e. The van der Waals surface area contributed by atoms with E-state index in [-0.39, 0.29) is 25.7 Å². The van der Waals surface area contributed by atoms with Crippen molar-refractivity contribution in [3.63, 3.8) is 0 Å². The zero-order valence-electron chi connectivity index (χ0n) is 26.7. The minimum Gasteiger partial charge on any atom is -0.345 e. The average Bonchev–Trinajstić information content (AvgIpc) is 3.11. The van der Waals surface area contributed by atoms with Crippen LogP contribution in [0.15, 0.2) is 115 Å². The third-order valence-corrected chi connectivity index (χ3v) is 8.17. The van der Waals surface area contributed by atoms with Gasteiger partial charge in [0.2, 0.25) is 29.5 Å². The Balaban J connectivity index is 1.50. The van der Waals surface area contributed by atoms with Crippen LogP contribution in [-0.4, -0.2) is 60.2 Å². The summed E-state index contributed by atoms with van der Waals surface area (Å²) < 4.78 is 13.7. The van der Waals surface area contributed by atoms with E-state index in [9.17, 15) is 28.4 Å². The van der Waals surface area contributed by atoms with Gasteiger partial charge in [-0.05, 0) is 34.4 Å². The van der Waals surface area contributed by atoms with Gasteiger partial charge in [-0.15, -0.1) is 0 Å². The first-order valence-electron chi connectivity index (χ1n) is 16.1. The molecule has 5 amide bonds. The molecule has 11 heteroatoms. The molecule has 0 unspecified atom stereocenters. The minimum absolute atomic E-state index is 0.0151. The predicted octanol–water partition coefficient (Wildman–Crippen LogP) is 2.17. The third kappa shape index (κ3) is 10.3. The molecule has 10 nitrogen and oxygen atoms in total. The molecule has 1 aliphatic rings. The summed E-state index contributed by atoms with van der Waals surface area (Å²) in [5.41, 5.74) is 2.85. The van der Waals surface area contributed by atoms with E-state index in [1.165, 1.54) is 24.3 Å². The van der Waals surface area contributed by atoms with Crippen LogP contribution in [0.3, 0.4) is 0 Å². The second-order valence-corrected chi connectivity index (χ2v) is 11.9. The second kappa shape index (κ2) is 16.8. The number of amides is 5. The molecule has 1 aliphatic heterocycles. The Labute approximate surface area is 283 Å². The number of carbonyl (C=O) groups is 5. The van der Waals surface area contributed by atoms with E-state index in [0.29, 0.717) is 5.56 Å². The highest BCUT2D eigenvalue weighted by Crippen LogP contribution is 2.11. The van der Waals surface area contributed by atoms with Crippen molar-refractivity contribution >= 4 is 29.5 Å². The van der Waals surface area contributed by atoms with Gasteiger partial charge in [0.15, 0.2) is 0 Å². The van der Waals surface area contributed by atoms with Crippen LogP contribution in [0.25, 0.3) is 0 Å². The van der Waals surface area contributed by atoms with Crippen LogP contribution in [0.2, 0.25) is 0 Å². The zero-order valence-corrected chi connectivity index (χ0v) is 26.7. The minimum atomic E-state index is -1.17. The molecule has 1 saturated heterocycles. The van der Waals surface area contributed by atoms with Crippen LogP contribution in [0.4, 0.5) is 4.39 Å². The first kappa shape index (κ1) is 34.5. The molecule has 0 aliphatic carbocycles. The molecule has 1 fully saturated rings. The lowest BCUT2D eigenvalue weighted by molar-refractivity contribution is -0.133. The Kier molecular flexibility index (Phi) is 11.8. The SMILES string of the molecule is O=C1CNC(=O)[C@@H](Cc2ccc(F)cc2)NC(=O)[C@H](Cc2ccccc2)NC(=O)[C@@H](Cc2ccccc2)NC(=O)[C@H](Cc2ccccc2)N1. The first-order chi connectivity index (χ1) is 23.7. The number of halogens is 1. The summed E-state index contributed by atoms with van der Waals surface area (Å²) in [6, 6.07) is 28.2. The maximum atomic E-state index is 14.0. The number of carbonyl (C=O) groups excluding carboxylic acids is 5. The molecule has 49 heavy (non-hydrogen) atoms. The van der Waals surface area contributed by atoms with Gasteiger partial charge in [0, 0.05) is 25.7 Å². The molecule has 0 aromatic heterocycles. The number of rotatable bonds is 8. The van der Waals surface area contributed by atoms with Gasteiger partial charge in [0.1, 0.15) is 30.0 Å². The van der Waals surface area contributed by atoms with E-state index >= 15 is 0 Å². The smallest absolute Gasteiger partial charge is 0.243 e. The van der Waals surface area contributed by atoms with E-state index in [4.69, 9.17) is 0 Å². The highest BCUT2D eigenvalue weighted by Gasteiger charge is 2.33. The lowest BCUT2D eigenvalue weighted by Gasteiger charge is -2.26. The van der Waals surface area contributed by atoms with E-state index in [0.717, 1.165) is 16.7 Å². The molecule has 4 aromatic rings. The Morgan fingerprint density at radius 2 is 0.755 bits per heavy atom. The van der Waals surface area contributed by atoms with E-state index in [2.05, 4.69) is 26.6 Å². The van der Waals surface area contributed by atoms with Gasteiger partial charge in [0.05, 0.1) is 6.54 Å². The number of benzene rings is 4. The van der Waals surface area contributed by atoms with Crippen molar-refractivity contribution in [3.05, 3.63) is 143 Å². The standard InChI is InChI=1S/C38H38FN5O5/c39-29-18-16-28(17-19-29)23-30-35(46)40-24-34(45)41-31(20-25-10-4-1-5-11-25)36(47)43-33(22-27-14-8-3-9-15-27)38(49)44-32(37(48)42-30)21-26-12-6-2-7-13-26/h1-19,30-33H,20-24H2,(H,40,46)(H,41,45)(H,42,48)(H,43,47)(H,44,49)/t30-,31+,32+,33-/m1/s1. The lowest BCUT2D eigenvalue weighted by atomic mass is 10.0. The Morgan fingerprint density at radius 3 is 1.14 bits per heavy atom. The summed E-state index contributed by atoms with van der Waals surface area (Å²) in [6.45, 7) is -0.481. The van der Waals surface area contributed by atoms with Crippen LogP contribution in [0, 0.1) is 5.82 Å². The third-order valence-electron chi connectivity index (χ3n) is 8.17. The van der Waals surface area contributed by atoms with Gasteiger partial charge in [-0.2, -0.15) is 0 Å². The highest BCUT2D eigenvalue weighted by molar-refractivity contribution is 5.97. The molecular formula is C38H38FN5O5. The van der Waals surface area contributed by atoms with Gasteiger partial charge in [-0.3, -0.25) is 24.0 Å². The van der Waals surface area contributed by atoms with E-state index < -0.39 is 66.1 Å². The van der Waals surface area contributed by atoms with Crippen molar-refractivity contribution in [2.75, 3.05) is 6.54 Å². The molecule has 252 valence electrons. The van der Waals surface area contributed by atoms with Crippen LogP contribution < -0.4 is 26.6 Å². The van der Waals surface area contributed by atoms with Gasteiger partial charge in [-0.1, -0.05) is 103 Å². The number of nitrogens with one attached hydrogen (secondary N) is 5. The summed E-state index contributed by atoms with van der Waals surface area (Å²) in [5.74, 6) is -3.64. The summed E-state index contributed by atoms with van der Waals surface area (Å²) in [6.07, 6.45) is 0.304. The fourth-order valence-corrected chi connectivity index (χ4v) is 5.60. The largest absolute Gasteiger partial charge is 0.345 e. The van der Waals surface area contributed by atoms with Gasteiger partial charge in [0.25, 0.3) is 0 Å². The molecule has 0 radical (unpaired) electrons. The van der Waals surface area contributed by atoms with E-state index in [1.54, 1.807) is 0 Å². The molecule has 1 heterocycles. The van der Waals surface area contributed by atoms with Crippen molar-refractivity contribution < 1.29 is 28.4 Å². The van der Waals surface area contributed by atoms with Crippen molar-refractivity contribution in [1.82, 2.24) is 26.6 Å². The highest BCUT2D eigenvalue weighted by atomic mass is 19.1. The molecule has 5 rings (SSSR count). The second-order valence-electron chi connectivity index (χ2n) is 11.9. The predicted molar refractivity (Wildman–Crippen MR) is 181 cm³/mol. The van der Waals surface area contributed by atoms with Crippen molar-refractivity contribution in [2.24, 2.45) is 0 Å². The van der Waals surface area contributed by atoms with Crippen LogP contribution in [-0.2, 0) is 49.7 Å². The quantitative estimate of drug-likeness (QED) is 0.196. The molecule has 4 aromatic carbocycles. The Bertz CT molecular complexity index is 1740. The monoisotopic (exact) mass is 663 g/mol. The fourth-order valence-electron chi connectivity index (χ4n) is 5.60. The van der Waals surface area contributed by atoms with E-state index in [1.807, 2.05) is 91.0 Å². The number of hydrogen-bond acceptors (Lipinski definition) is 5. The van der Waals surface area contributed by atoms with Gasteiger partial charge >= 0.3 is 0 Å². The molecular weight excluding hydrogens is 625 g/mol. The molecule has 0 spiro atoms. The first-order valence-corrected chi connectivity index (χ1v) is 16.1. The fraction of sp³-hybridized carbons (Fsp3) is 0.237. The average molecular weight is 664 g/mol. The Hall–Kier alpha value is -5.84. The topological polar surface area (TPSA) is 146 Å². The number of hydrogen-bond donors (Lipinski definition) is 5. The molecule has 4 atom stereocenters. The Morgan fingerprint density at radius 1 is 0.429 bits per heavy atom. The van der Waals surface area contributed by atoms with Gasteiger partial charge < -0.3 is 26.6 Å². The molecule has 5 N–H and O–H groups in total. The summed E-state index contributed by atoms with van der Waals surface area (Å²) in [7, 11) is 0. The van der Waals surface area contributed by atoms with Crippen LogP contribution in [0.1, 0.15) is 22.3 Å². The van der Waals surface area contributed by atoms with Crippen LogP contribution in [0.5, 0.6) is 0 Å². The van der Waals surface area contributed by atoms with Crippen molar-refractivity contribution in [2.45, 2.75) is 49.9 Å². The van der Waals surface area contributed by atoms with Crippen molar-refractivity contribution in [1.29, 1.82) is 0 Å². The zero-order chi connectivity index (χ0) is 34.6. The maximum absolute atomic E-state index is 14.0. The normalized spacial score (nSPS) is 20.8. The summed E-state index contributed by atoms with van der Waals surface area (Å²) >= 11 is 0. The van der Waals surface area contributed by atoms with Crippen molar-refractivity contribution in [3.8, 4) is 0 Å².